The Morgan fingerprint density at radius 2 is 1.57 bits per heavy atom. The van der Waals surface area contributed by atoms with Crippen molar-refractivity contribution in [3.8, 4) is 0 Å². The third-order valence-electron chi connectivity index (χ3n) is 7.11. The van der Waals surface area contributed by atoms with E-state index in [0.717, 1.165) is 0 Å². The van der Waals surface area contributed by atoms with Crippen molar-refractivity contribution in [3.05, 3.63) is 0 Å². The van der Waals surface area contributed by atoms with Gasteiger partial charge in [0.15, 0.2) is 5.78 Å². The highest BCUT2D eigenvalue weighted by molar-refractivity contribution is 6.03. The first kappa shape index (κ1) is 39.0. The molecule has 1 unspecified atom stereocenters. The van der Waals surface area contributed by atoms with E-state index >= 15 is 0 Å². The molecule has 0 aliphatic carbocycles. The topological polar surface area (TPSA) is 186 Å². The smallest absolute Gasteiger partial charge is 0.312 e. The lowest BCUT2D eigenvalue weighted by Crippen LogP contribution is -2.55. The van der Waals surface area contributed by atoms with Gasteiger partial charge in [-0.25, -0.2) is 4.79 Å². The van der Waals surface area contributed by atoms with E-state index in [9.17, 15) is 28.8 Å². The van der Waals surface area contributed by atoms with Crippen LogP contribution in [0.5, 0.6) is 0 Å². The molecule has 252 valence electrons. The number of ether oxygens (including phenoxy) is 2. The third kappa shape index (κ3) is 14.6. The van der Waals surface area contributed by atoms with Crippen LogP contribution in [-0.4, -0.2) is 91.9 Å². The van der Waals surface area contributed by atoms with Gasteiger partial charge in [-0.15, -0.1) is 0 Å². The largest absolute Gasteiger partial charge is 0.379 e. The van der Waals surface area contributed by atoms with E-state index in [1.165, 1.54) is 4.90 Å². The van der Waals surface area contributed by atoms with E-state index in [1.807, 2.05) is 20.8 Å². The Kier molecular flexibility index (Phi) is 16.0. The van der Waals surface area contributed by atoms with E-state index in [2.05, 4.69) is 16.0 Å². The molecular weight excluding hydrogens is 570 g/mol. The predicted molar refractivity (Wildman–Crippen MR) is 165 cm³/mol. The number of nitrogens with two attached hydrogens (primary N) is 1. The number of nitrogens with zero attached hydrogens (tertiary/aromatic N) is 1. The van der Waals surface area contributed by atoms with Crippen LogP contribution < -0.4 is 21.7 Å². The number of urea groups is 1. The Morgan fingerprint density at radius 3 is 2.11 bits per heavy atom. The van der Waals surface area contributed by atoms with E-state index in [0.29, 0.717) is 19.3 Å². The maximum absolute atomic E-state index is 13.1. The summed E-state index contributed by atoms with van der Waals surface area (Å²) < 4.78 is 11.0. The van der Waals surface area contributed by atoms with Gasteiger partial charge in [-0.2, -0.15) is 0 Å². The summed E-state index contributed by atoms with van der Waals surface area (Å²) >= 11 is 0. The zero-order valence-corrected chi connectivity index (χ0v) is 27.9. The quantitative estimate of drug-likeness (QED) is 0.124. The zero-order valence-electron chi connectivity index (χ0n) is 27.9. The number of hydrogen-bond donors (Lipinski definition) is 4. The molecule has 1 rings (SSSR count). The summed E-state index contributed by atoms with van der Waals surface area (Å²) in [6.07, 6.45) is 1.66. The van der Waals surface area contributed by atoms with Gasteiger partial charge in [0.1, 0.15) is 6.04 Å². The fourth-order valence-corrected chi connectivity index (χ4v) is 4.88. The lowest BCUT2D eigenvalue weighted by molar-refractivity contribution is -0.140. The molecule has 13 heteroatoms. The second-order valence-electron chi connectivity index (χ2n) is 13.9. The van der Waals surface area contributed by atoms with Gasteiger partial charge in [0.05, 0.1) is 39.0 Å². The molecule has 0 spiro atoms. The van der Waals surface area contributed by atoms with Gasteiger partial charge in [0, 0.05) is 30.7 Å². The van der Waals surface area contributed by atoms with Gasteiger partial charge in [0.2, 0.25) is 23.6 Å². The van der Waals surface area contributed by atoms with Crippen LogP contribution in [0.1, 0.15) is 87.5 Å². The lowest BCUT2D eigenvalue weighted by Gasteiger charge is -2.28. The molecule has 6 amide bonds. The second kappa shape index (κ2) is 18.0. The number of primary amides is 1. The van der Waals surface area contributed by atoms with Crippen molar-refractivity contribution in [2.75, 3.05) is 39.5 Å². The molecule has 13 nitrogen and oxygen atoms in total. The van der Waals surface area contributed by atoms with Crippen LogP contribution in [0.2, 0.25) is 0 Å². The van der Waals surface area contributed by atoms with Gasteiger partial charge in [0.25, 0.3) is 0 Å². The highest BCUT2D eigenvalue weighted by atomic mass is 16.5. The van der Waals surface area contributed by atoms with Crippen LogP contribution >= 0.6 is 0 Å². The molecule has 0 aromatic carbocycles. The van der Waals surface area contributed by atoms with E-state index < -0.39 is 29.4 Å². The minimum atomic E-state index is -0.858. The summed E-state index contributed by atoms with van der Waals surface area (Å²) in [7, 11) is 0. The SMILES string of the molecule is CC(C)[C@H](NC(=O)CCOCCOCCN1C(=O)CC(CC(C)(C)C)C1=O)C(=O)N[C@@H](CCCNC(N)=O)C(=O)C(C)(C)C. The molecule has 0 bridgehead atoms. The second-order valence-corrected chi connectivity index (χ2v) is 13.9. The van der Waals surface area contributed by atoms with Crippen molar-refractivity contribution in [1.82, 2.24) is 20.9 Å². The van der Waals surface area contributed by atoms with Crippen molar-refractivity contribution in [2.24, 2.45) is 28.4 Å². The summed E-state index contributed by atoms with van der Waals surface area (Å²) in [6.45, 7) is 16.3. The highest BCUT2D eigenvalue weighted by Gasteiger charge is 2.40. The summed E-state index contributed by atoms with van der Waals surface area (Å²) in [6, 6.07) is -2.31. The van der Waals surface area contributed by atoms with Crippen LogP contribution in [0.3, 0.4) is 0 Å². The molecule has 0 aromatic heterocycles. The predicted octanol–water partition coefficient (Wildman–Crippen LogP) is 1.91. The Bertz CT molecular complexity index is 1000. The standard InChI is InChI=1S/C31H55N5O8/c1-20(2)25(27(40)34-22(26(39)31(6,7)8)10-9-12-33-29(32)42)35-23(37)11-14-43-16-17-44-15-13-36-24(38)18-21(28(36)41)19-30(3,4)5/h20-22,25H,9-19H2,1-8H3,(H,34,40)(H,35,37)(H3,32,33,42)/t21?,22-,25-/m0/s1. The zero-order chi connectivity index (χ0) is 33.7. The number of ketones is 1. The van der Waals surface area contributed by atoms with Crippen LogP contribution in [0, 0.1) is 22.7 Å². The van der Waals surface area contributed by atoms with Crippen molar-refractivity contribution in [2.45, 2.75) is 99.6 Å². The first-order valence-electron chi connectivity index (χ1n) is 15.5. The number of rotatable bonds is 19. The fraction of sp³-hybridized carbons (Fsp3) is 0.806. The molecule has 1 aliphatic heterocycles. The van der Waals surface area contributed by atoms with Crippen LogP contribution in [0.4, 0.5) is 4.79 Å². The highest BCUT2D eigenvalue weighted by Crippen LogP contribution is 2.31. The molecule has 1 heterocycles. The first-order chi connectivity index (χ1) is 20.3. The molecule has 1 aliphatic rings. The van der Waals surface area contributed by atoms with Crippen LogP contribution in [0.25, 0.3) is 0 Å². The molecule has 1 saturated heterocycles. The number of Topliss-reactive ketones (excluding diaryl/α,β-unsaturated/α-hetero) is 1. The van der Waals surface area contributed by atoms with Crippen LogP contribution in [0.15, 0.2) is 0 Å². The molecule has 5 N–H and O–H groups in total. The number of likely N-dealkylation sites (tertiary alicyclic amines) is 1. The van der Waals surface area contributed by atoms with Gasteiger partial charge in [-0.1, -0.05) is 55.4 Å². The van der Waals surface area contributed by atoms with Gasteiger partial charge < -0.3 is 31.2 Å². The minimum Gasteiger partial charge on any atom is -0.379 e. The van der Waals surface area contributed by atoms with Gasteiger partial charge in [-0.3, -0.25) is 28.9 Å². The Morgan fingerprint density at radius 1 is 0.955 bits per heavy atom. The lowest BCUT2D eigenvalue weighted by atomic mass is 9.84. The molecule has 44 heavy (non-hydrogen) atoms. The number of carbonyl (C=O) groups is 6. The van der Waals surface area contributed by atoms with E-state index in [4.69, 9.17) is 15.2 Å². The number of carbonyl (C=O) groups excluding carboxylic acids is 6. The van der Waals surface area contributed by atoms with Gasteiger partial charge >= 0.3 is 6.03 Å². The number of hydrogen-bond acceptors (Lipinski definition) is 8. The Hall–Kier alpha value is -3.06. The van der Waals surface area contributed by atoms with Crippen molar-refractivity contribution >= 4 is 35.4 Å². The third-order valence-corrected chi connectivity index (χ3v) is 7.11. The molecule has 3 atom stereocenters. The normalized spacial score (nSPS) is 17.0. The summed E-state index contributed by atoms with van der Waals surface area (Å²) in [5.41, 5.74) is 4.35. The van der Waals surface area contributed by atoms with E-state index in [-0.39, 0.29) is 93.1 Å². The van der Waals surface area contributed by atoms with Crippen LogP contribution in [-0.2, 0) is 33.4 Å². The maximum atomic E-state index is 13.1. The fourth-order valence-electron chi connectivity index (χ4n) is 4.88. The number of amides is 6. The summed E-state index contributed by atoms with van der Waals surface area (Å²) in [5.74, 6) is -1.82. The van der Waals surface area contributed by atoms with Gasteiger partial charge in [-0.05, 0) is 30.6 Å². The molecule has 0 saturated carbocycles. The summed E-state index contributed by atoms with van der Waals surface area (Å²) in [4.78, 5) is 75.7. The summed E-state index contributed by atoms with van der Waals surface area (Å²) in [5, 5.41) is 8.00. The average Bonchev–Trinajstić information content (AvgIpc) is 3.14. The maximum Gasteiger partial charge on any atom is 0.312 e. The first-order valence-corrected chi connectivity index (χ1v) is 15.5. The Balaban J connectivity index is 2.43. The molecule has 0 aromatic rings. The van der Waals surface area contributed by atoms with Crippen molar-refractivity contribution in [1.29, 1.82) is 0 Å². The number of nitrogens with one attached hydrogen (secondary N) is 3. The number of imide groups is 1. The molecular formula is C31H55N5O8. The molecule has 1 fully saturated rings. The molecule has 0 radical (unpaired) electrons. The van der Waals surface area contributed by atoms with Crippen molar-refractivity contribution in [3.63, 3.8) is 0 Å². The monoisotopic (exact) mass is 625 g/mol. The van der Waals surface area contributed by atoms with E-state index in [1.54, 1.807) is 34.6 Å². The minimum absolute atomic E-state index is 0.0194. The van der Waals surface area contributed by atoms with Crippen molar-refractivity contribution < 1.29 is 38.2 Å². The Labute approximate surface area is 262 Å². The average molecular weight is 626 g/mol.